The number of amides is 1. The van der Waals surface area contributed by atoms with E-state index in [1.807, 2.05) is 17.6 Å². The van der Waals surface area contributed by atoms with Crippen LogP contribution in [0.1, 0.15) is 12.7 Å². The maximum Gasteiger partial charge on any atom is 0.239 e. The summed E-state index contributed by atoms with van der Waals surface area (Å²) in [5.41, 5.74) is 1.61. The quantitative estimate of drug-likeness (QED) is 0.878. The SMILES string of the molecule is CCNC(=O)Cn1c(CCl)nc2cc(Cl)ccc21. The Labute approximate surface area is 115 Å². The van der Waals surface area contributed by atoms with Crippen molar-refractivity contribution in [2.75, 3.05) is 6.54 Å². The van der Waals surface area contributed by atoms with Crippen molar-refractivity contribution < 1.29 is 4.79 Å². The van der Waals surface area contributed by atoms with E-state index < -0.39 is 0 Å². The van der Waals surface area contributed by atoms with Crippen LogP contribution in [-0.2, 0) is 17.2 Å². The lowest BCUT2D eigenvalue weighted by molar-refractivity contribution is -0.121. The van der Waals surface area contributed by atoms with E-state index in [0.717, 1.165) is 11.0 Å². The van der Waals surface area contributed by atoms with Crippen LogP contribution < -0.4 is 5.32 Å². The number of aromatic nitrogens is 2. The summed E-state index contributed by atoms with van der Waals surface area (Å²) in [4.78, 5) is 16.0. The standard InChI is InChI=1S/C12H13Cl2N3O/c1-2-15-12(18)7-17-10-4-3-8(14)5-9(10)16-11(17)6-13/h3-5H,2,6-7H2,1H3,(H,15,18). The zero-order chi connectivity index (χ0) is 13.1. The second-order valence-electron chi connectivity index (χ2n) is 3.83. The van der Waals surface area contributed by atoms with Gasteiger partial charge in [0, 0.05) is 11.6 Å². The highest BCUT2D eigenvalue weighted by molar-refractivity contribution is 6.31. The number of imidazole rings is 1. The minimum absolute atomic E-state index is 0.0573. The minimum Gasteiger partial charge on any atom is -0.355 e. The van der Waals surface area contributed by atoms with Crippen LogP contribution in [-0.4, -0.2) is 22.0 Å². The van der Waals surface area contributed by atoms with Crippen molar-refractivity contribution in [3.63, 3.8) is 0 Å². The third kappa shape index (κ3) is 2.60. The van der Waals surface area contributed by atoms with Gasteiger partial charge in [0.15, 0.2) is 0 Å². The molecule has 0 atom stereocenters. The van der Waals surface area contributed by atoms with Crippen LogP contribution in [0.2, 0.25) is 5.02 Å². The van der Waals surface area contributed by atoms with E-state index >= 15 is 0 Å². The van der Waals surface area contributed by atoms with Crippen LogP contribution in [0.3, 0.4) is 0 Å². The third-order valence-corrected chi connectivity index (χ3v) is 3.06. The fraction of sp³-hybridized carbons (Fsp3) is 0.333. The van der Waals surface area contributed by atoms with Crippen molar-refractivity contribution in [2.24, 2.45) is 0 Å². The molecular formula is C12H13Cl2N3O. The van der Waals surface area contributed by atoms with Crippen molar-refractivity contribution in [3.05, 3.63) is 29.0 Å². The summed E-state index contributed by atoms with van der Waals surface area (Å²) in [6, 6.07) is 5.39. The molecule has 0 aliphatic rings. The fourth-order valence-corrected chi connectivity index (χ4v) is 2.20. The molecule has 0 bridgehead atoms. The molecule has 1 aromatic carbocycles. The summed E-state index contributed by atoms with van der Waals surface area (Å²) in [5, 5.41) is 3.37. The number of carbonyl (C=O) groups is 1. The van der Waals surface area contributed by atoms with Crippen molar-refractivity contribution in [1.29, 1.82) is 0 Å². The van der Waals surface area contributed by atoms with Crippen LogP contribution in [0, 0.1) is 0 Å². The number of hydrogen-bond acceptors (Lipinski definition) is 2. The monoisotopic (exact) mass is 285 g/mol. The van der Waals surface area contributed by atoms with Gasteiger partial charge < -0.3 is 9.88 Å². The predicted octanol–water partition coefficient (Wildman–Crippen LogP) is 2.56. The molecule has 1 amide bonds. The van der Waals surface area contributed by atoms with Crippen LogP contribution in [0.15, 0.2) is 18.2 Å². The van der Waals surface area contributed by atoms with Crippen LogP contribution >= 0.6 is 23.2 Å². The molecule has 0 saturated heterocycles. The average molecular weight is 286 g/mol. The van der Waals surface area contributed by atoms with E-state index in [1.54, 1.807) is 12.1 Å². The first kappa shape index (κ1) is 13.2. The molecule has 0 saturated carbocycles. The summed E-state index contributed by atoms with van der Waals surface area (Å²) >= 11 is 11.8. The number of likely N-dealkylation sites (N-methyl/N-ethyl adjacent to an activating group) is 1. The van der Waals surface area contributed by atoms with Gasteiger partial charge in [-0.3, -0.25) is 4.79 Å². The van der Waals surface area contributed by atoms with E-state index in [4.69, 9.17) is 23.2 Å². The smallest absolute Gasteiger partial charge is 0.239 e. The third-order valence-electron chi connectivity index (χ3n) is 2.58. The number of fused-ring (bicyclic) bond motifs is 1. The molecule has 1 N–H and O–H groups in total. The molecule has 1 heterocycles. The van der Waals surface area contributed by atoms with Gasteiger partial charge in [-0.15, -0.1) is 11.6 Å². The number of benzene rings is 1. The highest BCUT2D eigenvalue weighted by Crippen LogP contribution is 2.21. The summed E-state index contributed by atoms with van der Waals surface area (Å²) in [5.74, 6) is 0.865. The van der Waals surface area contributed by atoms with E-state index in [2.05, 4.69) is 10.3 Å². The number of halogens is 2. The van der Waals surface area contributed by atoms with E-state index in [9.17, 15) is 4.79 Å². The lowest BCUT2D eigenvalue weighted by Gasteiger charge is -2.07. The number of nitrogens with zero attached hydrogens (tertiary/aromatic N) is 2. The largest absolute Gasteiger partial charge is 0.355 e. The first-order valence-corrected chi connectivity index (χ1v) is 6.54. The Kier molecular flexibility index (Phi) is 4.09. The molecule has 18 heavy (non-hydrogen) atoms. The number of hydrogen-bond donors (Lipinski definition) is 1. The Morgan fingerprint density at radius 3 is 2.94 bits per heavy atom. The Hall–Kier alpha value is -1.26. The molecule has 0 radical (unpaired) electrons. The van der Waals surface area contributed by atoms with Gasteiger partial charge in [0.1, 0.15) is 12.4 Å². The molecule has 0 aliphatic carbocycles. The zero-order valence-corrected chi connectivity index (χ0v) is 11.4. The molecule has 4 nitrogen and oxygen atoms in total. The second-order valence-corrected chi connectivity index (χ2v) is 4.54. The zero-order valence-electron chi connectivity index (χ0n) is 9.91. The highest BCUT2D eigenvalue weighted by atomic mass is 35.5. The van der Waals surface area contributed by atoms with Gasteiger partial charge in [0.2, 0.25) is 5.91 Å². The predicted molar refractivity (Wildman–Crippen MR) is 73.0 cm³/mol. The van der Waals surface area contributed by atoms with Gasteiger partial charge >= 0.3 is 0 Å². The van der Waals surface area contributed by atoms with Crippen molar-refractivity contribution in [1.82, 2.24) is 14.9 Å². The molecule has 0 fully saturated rings. The first-order valence-electron chi connectivity index (χ1n) is 5.63. The molecule has 2 rings (SSSR count). The first-order chi connectivity index (χ1) is 8.65. The van der Waals surface area contributed by atoms with Gasteiger partial charge in [-0.25, -0.2) is 4.98 Å². The molecule has 6 heteroatoms. The Bertz CT molecular complexity index is 580. The van der Waals surface area contributed by atoms with Crippen LogP contribution in [0.25, 0.3) is 11.0 Å². The lowest BCUT2D eigenvalue weighted by atomic mass is 10.3. The second kappa shape index (κ2) is 5.59. The lowest BCUT2D eigenvalue weighted by Crippen LogP contribution is -2.27. The molecule has 1 aromatic heterocycles. The normalized spacial score (nSPS) is 10.8. The van der Waals surface area contributed by atoms with Gasteiger partial charge in [-0.05, 0) is 25.1 Å². The summed E-state index contributed by atoms with van der Waals surface area (Å²) in [6.07, 6.45) is 0. The molecule has 0 unspecified atom stereocenters. The van der Waals surface area contributed by atoms with Gasteiger partial charge in [0.25, 0.3) is 0 Å². The Morgan fingerprint density at radius 2 is 2.28 bits per heavy atom. The fourth-order valence-electron chi connectivity index (χ4n) is 1.83. The van der Waals surface area contributed by atoms with Gasteiger partial charge in [-0.1, -0.05) is 11.6 Å². The number of nitrogens with one attached hydrogen (secondary N) is 1. The van der Waals surface area contributed by atoms with Crippen molar-refractivity contribution >= 4 is 40.1 Å². The van der Waals surface area contributed by atoms with E-state index in [0.29, 0.717) is 17.4 Å². The maximum absolute atomic E-state index is 11.7. The molecular weight excluding hydrogens is 273 g/mol. The Morgan fingerprint density at radius 1 is 1.50 bits per heavy atom. The molecule has 96 valence electrons. The molecule has 0 aliphatic heterocycles. The highest BCUT2D eigenvalue weighted by Gasteiger charge is 2.12. The van der Waals surface area contributed by atoms with E-state index in [-0.39, 0.29) is 18.3 Å². The van der Waals surface area contributed by atoms with Crippen molar-refractivity contribution in [3.8, 4) is 0 Å². The number of carbonyl (C=O) groups excluding carboxylic acids is 1. The topological polar surface area (TPSA) is 46.9 Å². The van der Waals surface area contributed by atoms with Crippen LogP contribution in [0.5, 0.6) is 0 Å². The van der Waals surface area contributed by atoms with Gasteiger partial charge in [0.05, 0.1) is 16.9 Å². The van der Waals surface area contributed by atoms with Crippen molar-refractivity contribution in [2.45, 2.75) is 19.3 Å². The minimum atomic E-state index is -0.0573. The summed E-state index contributed by atoms with van der Waals surface area (Å²) in [7, 11) is 0. The van der Waals surface area contributed by atoms with E-state index in [1.165, 1.54) is 0 Å². The average Bonchev–Trinajstić information content (AvgIpc) is 2.66. The molecule has 0 spiro atoms. The summed E-state index contributed by atoms with van der Waals surface area (Å²) < 4.78 is 1.81. The maximum atomic E-state index is 11.7. The number of rotatable bonds is 4. The van der Waals surface area contributed by atoms with Gasteiger partial charge in [-0.2, -0.15) is 0 Å². The Balaban J connectivity index is 2.43. The molecule has 2 aromatic rings. The van der Waals surface area contributed by atoms with Crippen LogP contribution in [0.4, 0.5) is 0 Å². The number of alkyl halides is 1. The summed E-state index contributed by atoms with van der Waals surface area (Å²) in [6.45, 7) is 2.70.